The second-order valence-corrected chi connectivity index (χ2v) is 13.7. The number of aliphatic hydroxyl groups is 1. The second-order valence-electron chi connectivity index (χ2n) is 8.93. The summed E-state index contributed by atoms with van der Waals surface area (Å²) in [6, 6.07) is 0. The summed E-state index contributed by atoms with van der Waals surface area (Å²) in [5.74, 6) is 1.52. The van der Waals surface area contributed by atoms with Gasteiger partial charge in [-0.05, 0) is 55.7 Å². The average Bonchev–Trinajstić information content (AvgIpc) is 2.79. The van der Waals surface area contributed by atoms with Crippen molar-refractivity contribution in [3.8, 4) is 0 Å². The number of methoxy groups -OCH3 is 1. The van der Waals surface area contributed by atoms with Crippen LogP contribution in [0.5, 0.6) is 0 Å². The van der Waals surface area contributed by atoms with Crippen molar-refractivity contribution in [1.82, 2.24) is 0 Å². The quantitative estimate of drug-likeness (QED) is 0.588. The molecule has 0 spiro atoms. The van der Waals surface area contributed by atoms with E-state index >= 15 is 0 Å². The summed E-state index contributed by atoms with van der Waals surface area (Å²) in [7, 11) is -0.120. The molecule has 0 amide bonds. The fourth-order valence-corrected chi connectivity index (χ4v) is 5.47. The summed E-state index contributed by atoms with van der Waals surface area (Å²) in [6.07, 6.45) is 4.91. The Hall–Kier alpha value is 0.0569. The average molecular weight is 345 g/mol. The van der Waals surface area contributed by atoms with Crippen LogP contribution in [0, 0.1) is 17.8 Å². The largest absolute Gasteiger partial charge is 0.414 e. The lowest BCUT2D eigenvalue weighted by Crippen LogP contribution is -2.45. The van der Waals surface area contributed by atoms with Crippen LogP contribution in [-0.2, 0) is 13.9 Å². The van der Waals surface area contributed by atoms with Crippen LogP contribution in [0.3, 0.4) is 0 Å². The summed E-state index contributed by atoms with van der Waals surface area (Å²) in [5.41, 5.74) is 0. The van der Waals surface area contributed by atoms with Gasteiger partial charge >= 0.3 is 0 Å². The molecule has 5 atom stereocenters. The molecule has 0 aromatic heterocycles. The molecule has 0 radical (unpaired) electrons. The Labute approximate surface area is 143 Å². The van der Waals surface area contributed by atoms with Gasteiger partial charge in [-0.3, -0.25) is 0 Å². The fourth-order valence-electron chi connectivity index (χ4n) is 4.09. The first-order chi connectivity index (χ1) is 10.7. The molecule has 4 nitrogen and oxygen atoms in total. The van der Waals surface area contributed by atoms with E-state index in [1.54, 1.807) is 7.11 Å². The molecule has 0 bridgehead atoms. The van der Waals surface area contributed by atoms with Gasteiger partial charge in [0, 0.05) is 19.6 Å². The van der Waals surface area contributed by atoms with Gasteiger partial charge < -0.3 is 19.0 Å². The lowest BCUT2D eigenvalue weighted by molar-refractivity contribution is -0.0944. The van der Waals surface area contributed by atoms with E-state index in [-0.39, 0.29) is 17.7 Å². The van der Waals surface area contributed by atoms with Crippen LogP contribution in [0.15, 0.2) is 0 Å². The number of ether oxygens (including phenoxy) is 2. The molecule has 0 unspecified atom stereocenters. The molecular weight excluding hydrogens is 308 g/mol. The molecule has 136 valence electrons. The van der Waals surface area contributed by atoms with Crippen LogP contribution in [0.2, 0.25) is 18.1 Å². The Morgan fingerprint density at radius 3 is 2.39 bits per heavy atom. The zero-order valence-electron chi connectivity index (χ0n) is 15.8. The molecule has 0 aliphatic heterocycles. The SMILES string of the molecule is COCO[C@@H]1CC[C@@H]2[C@@H](C1)C[C@H](O[Si](C)(C)C(C)(C)C)[C@@H]2CO. The van der Waals surface area contributed by atoms with E-state index in [0.29, 0.717) is 30.7 Å². The third-order valence-corrected chi connectivity index (χ3v) is 10.9. The number of aliphatic hydroxyl groups excluding tert-OH is 1. The highest BCUT2D eigenvalue weighted by Crippen LogP contribution is 2.49. The van der Waals surface area contributed by atoms with Crippen LogP contribution in [0.4, 0.5) is 0 Å². The molecule has 1 N–H and O–H groups in total. The van der Waals surface area contributed by atoms with Gasteiger partial charge in [-0.1, -0.05) is 20.8 Å². The van der Waals surface area contributed by atoms with Crippen LogP contribution >= 0.6 is 0 Å². The van der Waals surface area contributed by atoms with E-state index < -0.39 is 8.32 Å². The van der Waals surface area contributed by atoms with Gasteiger partial charge in [0.2, 0.25) is 0 Å². The monoisotopic (exact) mass is 344 g/mol. The minimum atomic E-state index is -1.79. The lowest BCUT2D eigenvalue weighted by Gasteiger charge is -2.40. The molecule has 0 heterocycles. The first kappa shape index (κ1) is 19.4. The van der Waals surface area contributed by atoms with Crippen molar-refractivity contribution in [3.05, 3.63) is 0 Å². The first-order valence-electron chi connectivity index (χ1n) is 9.09. The first-order valence-corrected chi connectivity index (χ1v) is 12.0. The summed E-state index contributed by atoms with van der Waals surface area (Å²) in [4.78, 5) is 0. The standard InChI is InChI=1S/C18H36O4Si/c1-18(2,3)23(5,6)22-17-10-13-9-14(21-12-20-4)7-8-15(13)16(17)11-19/h13-17,19H,7-12H2,1-6H3/t13-,14+,15+,16+,17-/m0/s1. The Balaban J connectivity index is 2.01. The molecule has 2 saturated carbocycles. The van der Waals surface area contributed by atoms with Gasteiger partial charge in [0.05, 0.1) is 12.2 Å². The molecule has 2 aliphatic rings. The van der Waals surface area contributed by atoms with Crippen molar-refractivity contribution in [2.45, 2.75) is 76.8 Å². The Kier molecular flexibility index (Phi) is 6.34. The van der Waals surface area contributed by atoms with Gasteiger partial charge in [0.1, 0.15) is 6.79 Å². The third-order valence-electron chi connectivity index (χ3n) is 6.44. The number of hydrogen-bond donors (Lipinski definition) is 1. The third kappa shape index (κ3) is 4.37. The molecule has 23 heavy (non-hydrogen) atoms. The van der Waals surface area contributed by atoms with Gasteiger partial charge in [0.25, 0.3) is 0 Å². The van der Waals surface area contributed by atoms with E-state index in [1.165, 1.54) is 0 Å². The molecule has 2 aliphatic carbocycles. The van der Waals surface area contributed by atoms with Crippen LogP contribution < -0.4 is 0 Å². The smallest absolute Gasteiger partial charge is 0.192 e. The highest BCUT2D eigenvalue weighted by atomic mass is 28.4. The molecule has 2 rings (SSSR count). The molecule has 0 aromatic carbocycles. The normalized spacial score (nSPS) is 35.3. The fraction of sp³-hybridized carbons (Fsp3) is 1.00. The van der Waals surface area contributed by atoms with E-state index in [4.69, 9.17) is 13.9 Å². The van der Waals surface area contributed by atoms with Gasteiger partial charge in [-0.2, -0.15) is 0 Å². The van der Waals surface area contributed by atoms with Crippen molar-refractivity contribution in [2.75, 3.05) is 20.5 Å². The summed E-state index contributed by atoms with van der Waals surface area (Å²) in [5, 5.41) is 10.2. The predicted octanol–water partition coefficient (Wildman–Crippen LogP) is 3.79. The van der Waals surface area contributed by atoms with Crippen molar-refractivity contribution in [3.63, 3.8) is 0 Å². The Morgan fingerprint density at radius 1 is 1.13 bits per heavy atom. The zero-order chi connectivity index (χ0) is 17.3. The van der Waals surface area contributed by atoms with Crippen molar-refractivity contribution >= 4 is 8.32 Å². The Morgan fingerprint density at radius 2 is 1.83 bits per heavy atom. The van der Waals surface area contributed by atoms with E-state index in [9.17, 15) is 5.11 Å². The summed E-state index contributed by atoms with van der Waals surface area (Å²) in [6.45, 7) is 12.1. The molecule has 2 fully saturated rings. The molecular formula is C18H36O4Si. The van der Waals surface area contributed by atoms with E-state index in [1.807, 2.05) is 0 Å². The van der Waals surface area contributed by atoms with Crippen molar-refractivity contribution in [1.29, 1.82) is 0 Å². The maximum Gasteiger partial charge on any atom is 0.192 e. The van der Waals surface area contributed by atoms with Crippen molar-refractivity contribution < 1.29 is 19.0 Å². The van der Waals surface area contributed by atoms with Gasteiger partial charge in [-0.25, -0.2) is 0 Å². The number of hydrogen-bond acceptors (Lipinski definition) is 4. The van der Waals surface area contributed by atoms with E-state index in [0.717, 1.165) is 25.7 Å². The topological polar surface area (TPSA) is 47.9 Å². The highest BCUT2D eigenvalue weighted by molar-refractivity contribution is 6.74. The predicted molar refractivity (Wildman–Crippen MR) is 94.8 cm³/mol. The minimum absolute atomic E-state index is 0.213. The number of fused-ring (bicyclic) bond motifs is 1. The van der Waals surface area contributed by atoms with Crippen LogP contribution in [0.25, 0.3) is 0 Å². The molecule has 0 saturated heterocycles. The van der Waals surface area contributed by atoms with Crippen LogP contribution in [0.1, 0.15) is 46.5 Å². The zero-order valence-corrected chi connectivity index (χ0v) is 16.8. The van der Waals surface area contributed by atoms with Crippen LogP contribution in [-0.4, -0.2) is 46.1 Å². The van der Waals surface area contributed by atoms with Crippen molar-refractivity contribution in [2.24, 2.45) is 17.8 Å². The van der Waals surface area contributed by atoms with Gasteiger partial charge in [0.15, 0.2) is 8.32 Å². The summed E-state index contributed by atoms with van der Waals surface area (Å²) >= 11 is 0. The van der Waals surface area contributed by atoms with E-state index in [2.05, 4.69) is 33.9 Å². The second kappa shape index (κ2) is 7.52. The lowest BCUT2D eigenvalue weighted by atomic mass is 9.77. The molecule has 0 aromatic rings. The Bertz CT molecular complexity index is 380. The molecule has 5 heteroatoms. The van der Waals surface area contributed by atoms with Gasteiger partial charge in [-0.15, -0.1) is 0 Å². The maximum absolute atomic E-state index is 9.97. The minimum Gasteiger partial charge on any atom is -0.414 e. The maximum atomic E-state index is 9.97. The number of rotatable bonds is 6. The highest BCUT2D eigenvalue weighted by Gasteiger charge is 2.49. The summed E-state index contributed by atoms with van der Waals surface area (Å²) < 4.78 is 17.5.